The number of alkyl halides is 3. The summed E-state index contributed by atoms with van der Waals surface area (Å²) >= 11 is 0. The van der Waals surface area contributed by atoms with Gasteiger partial charge in [-0.15, -0.1) is 13.2 Å². The number of aliphatic hydroxyl groups is 1. The minimum atomic E-state index is -4.84. The van der Waals surface area contributed by atoms with Crippen LogP contribution in [0, 0.1) is 5.92 Å². The third-order valence-corrected chi connectivity index (χ3v) is 4.89. The lowest BCUT2D eigenvalue weighted by Gasteiger charge is -2.37. The second kappa shape index (κ2) is 8.05. The average molecular weight is 423 g/mol. The summed E-state index contributed by atoms with van der Waals surface area (Å²) in [6, 6.07) is 4.65. The molecule has 0 saturated heterocycles. The van der Waals surface area contributed by atoms with Gasteiger partial charge in [0.15, 0.2) is 0 Å². The normalized spacial score (nSPS) is 17.0. The van der Waals surface area contributed by atoms with E-state index in [1.54, 1.807) is 6.92 Å². The van der Waals surface area contributed by atoms with Crippen LogP contribution in [0.4, 0.5) is 13.2 Å². The van der Waals surface area contributed by atoms with E-state index < -0.39 is 39.9 Å². The van der Waals surface area contributed by atoms with E-state index in [4.69, 9.17) is 4.18 Å². The minimum Gasteiger partial charge on any atom is -0.406 e. The molecule has 0 saturated carbocycles. The van der Waals surface area contributed by atoms with Crippen LogP contribution >= 0.6 is 0 Å². The summed E-state index contributed by atoms with van der Waals surface area (Å²) in [5.41, 5.74) is -1.50. The number of hydrogen-bond acceptors (Lipinski definition) is 7. The Balaban J connectivity index is 2.38. The van der Waals surface area contributed by atoms with E-state index in [1.165, 1.54) is 36.4 Å². The molecule has 12 heteroatoms. The molecule has 3 unspecified atom stereocenters. The van der Waals surface area contributed by atoms with E-state index in [1.807, 2.05) is 0 Å². The largest absolute Gasteiger partial charge is 0.573 e. The van der Waals surface area contributed by atoms with Crippen molar-refractivity contribution in [1.82, 2.24) is 14.8 Å². The first-order valence-corrected chi connectivity index (χ1v) is 9.91. The molecule has 8 nitrogen and oxygen atoms in total. The Kier molecular flexibility index (Phi) is 6.36. The summed E-state index contributed by atoms with van der Waals surface area (Å²) in [6.45, 7) is 2.90. The lowest BCUT2D eigenvalue weighted by atomic mass is 9.79. The maximum Gasteiger partial charge on any atom is 0.573 e. The molecule has 28 heavy (non-hydrogen) atoms. The van der Waals surface area contributed by atoms with Crippen molar-refractivity contribution in [2.24, 2.45) is 5.92 Å². The van der Waals surface area contributed by atoms with E-state index in [9.17, 15) is 26.7 Å². The van der Waals surface area contributed by atoms with Crippen LogP contribution in [0.2, 0.25) is 0 Å². The summed E-state index contributed by atoms with van der Waals surface area (Å²) in [6.07, 6.45) is -2.29. The van der Waals surface area contributed by atoms with E-state index in [-0.39, 0.29) is 12.1 Å². The van der Waals surface area contributed by atoms with Crippen LogP contribution in [0.25, 0.3) is 0 Å². The predicted octanol–water partition coefficient (Wildman–Crippen LogP) is 2.07. The molecular formula is C16H20F3N3O5S. The summed E-state index contributed by atoms with van der Waals surface area (Å²) < 4.78 is 70.1. The van der Waals surface area contributed by atoms with Gasteiger partial charge in [0.1, 0.15) is 24.0 Å². The van der Waals surface area contributed by atoms with Crippen LogP contribution in [0.1, 0.15) is 19.4 Å². The van der Waals surface area contributed by atoms with Crippen LogP contribution < -0.4 is 4.74 Å². The SMILES string of the molecule is CC(OS(C)(=O)=O)C(C)C(O)(Cn1cncn1)c1ccc(OC(F)(F)F)cc1. The topological polar surface area (TPSA) is 104 Å². The van der Waals surface area contributed by atoms with E-state index >= 15 is 0 Å². The van der Waals surface area contributed by atoms with Crippen LogP contribution in [0.3, 0.4) is 0 Å². The molecule has 0 aliphatic heterocycles. The zero-order chi connectivity index (χ0) is 21.2. The molecular weight excluding hydrogens is 403 g/mol. The molecule has 1 aromatic heterocycles. The molecule has 0 aliphatic rings. The lowest BCUT2D eigenvalue weighted by Crippen LogP contribution is -2.44. The standard InChI is InChI=1S/C16H20F3N3O5S/c1-11(12(2)27-28(3,24)25)15(23,8-22-10-20-9-21-22)13-4-6-14(7-5-13)26-16(17,18)19/h4-7,9-12,23H,8H2,1-3H3. The van der Waals surface area contributed by atoms with Gasteiger partial charge in [0.2, 0.25) is 0 Å². The van der Waals surface area contributed by atoms with Crippen molar-refractivity contribution in [3.05, 3.63) is 42.5 Å². The molecule has 1 N–H and O–H groups in total. The molecule has 2 rings (SSSR count). The van der Waals surface area contributed by atoms with Crippen LogP contribution in [-0.2, 0) is 26.4 Å². The summed E-state index contributed by atoms with van der Waals surface area (Å²) in [5.74, 6) is -1.24. The van der Waals surface area contributed by atoms with Gasteiger partial charge in [-0.3, -0.25) is 4.18 Å². The van der Waals surface area contributed by atoms with Crippen molar-refractivity contribution in [2.75, 3.05) is 6.26 Å². The highest BCUT2D eigenvalue weighted by atomic mass is 32.2. The highest BCUT2D eigenvalue weighted by Crippen LogP contribution is 2.36. The zero-order valence-corrected chi connectivity index (χ0v) is 16.1. The van der Waals surface area contributed by atoms with Crippen LogP contribution in [-0.4, -0.2) is 47.0 Å². The molecule has 1 aromatic carbocycles. The van der Waals surface area contributed by atoms with Crippen molar-refractivity contribution in [3.63, 3.8) is 0 Å². The van der Waals surface area contributed by atoms with Crippen LogP contribution in [0.15, 0.2) is 36.9 Å². The minimum absolute atomic E-state index is 0.134. The van der Waals surface area contributed by atoms with Crippen molar-refractivity contribution in [3.8, 4) is 5.75 Å². The molecule has 156 valence electrons. The van der Waals surface area contributed by atoms with Crippen molar-refractivity contribution in [1.29, 1.82) is 0 Å². The maximum absolute atomic E-state index is 12.4. The second-order valence-electron chi connectivity index (χ2n) is 6.38. The summed E-state index contributed by atoms with van der Waals surface area (Å²) in [7, 11) is -3.79. The summed E-state index contributed by atoms with van der Waals surface area (Å²) in [4.78, 5) is 3.79. The van der Waals surface area contributed by atoms with Crippen molar-refractivity contribution in [2.45, 2.75) is 38.5 Å². The van der Waals surface area contributed by atoms with Crippen molar-refractivity contribution < 1.29 is 35.6 Å². The Morgan fingerprint density at radius 1 is 1.21 bits per heavy atom. The number of nitrogens with zero attached hydrogens (tertiary/aromatic N) is 3. The third kappa shape index (κ3) is 5.91. The van der Waals surface area contributed by atoms with E-state index in [0.29, 0.717) is 0 Å². The van der Waals surface area contributed by atoms with Gasteiger partial charge in [-0.05, 0) is 24.6 Å². The number of halogens is 3. The van der Waals surface area contributed by atoms with Gasteiger partial charge in [-0.1, -0.05) is 19.1 Å². The maximum atomic E-state index is 12.4. The lowest BCUT2D eigenvalue weighted by molar-refractivity contribution is -0.274. The van der Waals surface area contributed by atoms with E-state index in [2.05, 4.69) is 14.8 Å². The quantitative estimate of drug-likeness (QED) is 0.648. The van der Waals surface area contributed by atoms with Gasteiger partial charge in [-0.2, -0.15) is 13.5 Å². The number of rotatable bonds is 8. The van der Waals surface area contributed by atoms with Crippen LogP contribution in [0.5, 0.6) is 5.75 Å². The second-order valence-corrected chi connectivity index (χ2v) is 7.98. The van der Waals surface area contributed by atoms with Gasteiger partial charge in [-0.25, -0.2) is 9.67 Å². The first kappa shape index (κ1) is 22.1. The molecule has 2 aromatic rings. The van der Waals surface area contributed by atoms with Gasteiger partial charge in [0.25, 0.3) is 10.1 Å². The molecule has 0 radical (unpaired) electrons. The Hall–Kier alpha value is -2.18. The smallest absolute Gasteiger partial charge is 0.406 e. The van der Waals surface area contributed by atoms with Gasteiger partial charge < -0.3 is 9.84 Å². The Morgan fingerprint density at radius 2 is 1.82 bits per heavy atom. The Morgan fingerprint density at radius 3 is 2.29 bits per heavy atom. The number of benzene rings is 1. The zero-order valence-electron chi connectivity index (χ0n) is 15.3. The fraction of sp³-hybridized carbons (Fsp3) is 0.500. The first-order valence-electron chi connectivity index (χ1n) is 8.09. The molecule has 0 aliphatic carbocycles. The first-order chi connectivity index (χ1) is 12.8. The number of ether oxygens (including phenoxy) is 1. The van der Waals surface area contributed by atoms with Gasteiger partial charge >= 0.3 is 6.36 Å². The monoisotopic (exact) mass is 423 g/mol. The third-order valence-electron chi connectivity index (χ3n) is 4.24. The molecule has 1 heterocycles. The molecule has 0 fully saturated rings. The fourth-order valence-corrected chi connectivity index (χ4v) is 3.47. The van der Waals surface area contributed by atoms with Gasteiger partial charge in [0.05, 0.1) is 18.9 Å². The number of hydrogen-bond donors (Lipinski definition) is 1. The van der Waals surface area contributed by atoms with Gasteiger partial charge in [0, 0.05) is 5.92 Å². The molecule has 0 spiro atoms. The van der Waals surface area contributed by atoms with E-state index in [0.717, 1.165) is 18.4 Å². The highest BCUT2D eigenvalue weighted by Gasteiger charge is 2.41. The number of aromatic nitrogens is 3. The summed E-state index contributed by atoms with van der Waals surface area (Å²) in [5, 5.41) is 15.3. The fourth-order valence-electron chi connectivity index (χ4n) is 2.75. The molecule has 3 atom stereocenters. The Bertz CT molecular complexity index is 872. The average Bonchev–Trinajstić information content (AvgIpc) is 3.04. The Labute approximate surface area is 160 Å². The highest BCUT2D eigenvalue weighted by molar-refractivity contribution is 7.86. The molecule has 0 bridgehead atoms. The molecule has 0 amide bonds. The predicted molar refractivity (Wildman–Crippen MR) is 91.6 cm³/mol. The van der Waals surface area contributed by atoms with Crippen molar-refractivity contribution >= 4 is 10.1 Å².